The third-order valence-corrected chi connectivity index (χ3v) is 2.21. The Balaban J connectivity index is 0.000000262. The zero-order valence-corrected chi connectivity index (χ0v) is 8.98. The van der Waals surface area contributed by atoms with E-state index in [0.717, 1.165) is 19.3 Å². The van der Waals surface area contributed by atoms with Gasteiger partial charge in [0.2, 0.25) is 0 Å². The predicted octanol–water partition coefficient (Wildman–Crippen LogP) is 2.30. The van der Waals surface area contributed by atoms with Gasteiger partial charge in [0.25, 0.3) is 0 Å². The van der Waals surface area contributed by atoms with Crippen molar-refractivity contribution < 1.29 is 19.8 Å². The lowest BCUT2D eigenvalue weighted by molar-refractivity contribution is -0.144. The molecule has 0 aromatic rings. The van der Waals surface area contributed by atoms with Crippen LogP contribution < -0.4 is 0 Å². The minimum Gasteiger partial charge on any atom is -0.481 e. The molecule has 1 saturated carbocycles. The van der Waals surface area contributed by atoms with Crippen molar-refractivity contribution in [3.63, 3.8) is 0 Å². The molecule has 86 valence electrons. The summed E-state index contributed by atoms with van der Waals surface area (Å²) >= 11 is 0. The Bertz CT molecular complexity index is 229. The van der Waals surface area contributed by atoms with Gasteiger partial charge in [0.15, 0.2) is 0 Å². The van der Waals surface area contributed by atoms with Gasteiger partial charge in [-0.25, -0.2) is 0 Å². The maximum atomic E-state index is 9.98. The van der Waals surface area contributed by atoms with Crippen LogP contribution in [0, 0.1) is 5.92 Å². The number of hydrogen-bond acceptors (Lipinski definition) is 2. The SMILES string of the molecule is CC=CCCC(=O)O.O=C(O)C1CCC1. The molecule has 0 amide bonds. The summed E-state index contributed by atoms with van der Waals surface area (Å²) in [5.41, 5.74) is 0. The van der Waals surface area contributed by atoms with Crippen molar-refractivity contribution >= 4 is 11.9 Å². The van der Waals surface area contributed by atoms with Gasteiger partial charge in [-0.1, -0.05) is 18.6 Å². The zero-order valence-electron chi connectivity index (χ0n) is 8.98. The summed E-state index contributed by atoms with van der Waals surface area (Å²) in [5.74, 6) is -1.35. The molecule has 0 aliphatic heterocycles. The van der Waals surface area contributed by atoms with Crippen LogP contribution >= 0.6 is 0 Å². The molecule has 0 unspecified atom stereocenters. The highest BCUT2D eigenvalue weighted by Crippen LogP contribution is 2.25. The standard InChI is InChI=1S/C6H10O2.C5H8O2/c1-2-3-4-5-6(7)8;6-5(7)4-2-1-3-4/h2-3H,4-5H2,1H3,(H,7,8);4H,1-3H2,(H,6,7). The summed E-state index contributed by atoms with van der Waals surface area (Å²) in [7, 11) is 0. The summed E-state index contributed by atoms with van der Waals surface area (Å²) in [5, 5.41) is 16.3. The highest BCUT2D eigenvalue weighted by Gasteiger charge is 2.23. The molecule has 1 aliphatic rings. The quantitative estimate of drug-likeness (QED) is 0.704. The van der Waals surface area contributed by atoms with Crippen LogP contribution in [0.2, 0.25) is 0 Å². The van der Waals surface area contributed by atoms with Gasteiger partial charge in [-0.3, -0.25) is 9.59 Å². The number of hydrogen-bond donors (Lipinski definition) is 2. The first-order valence-corrected chi connectivity index (χ1v) is 5.13. The Morgan fingerprint density at radius 1 is 1.33 bits per heavy atom. The molecular formula is C11H18O4. The van der Waals surface area contributed by atoms with Crippen LogP contribution in [0.1, 0.15) is 39.0 Å². The molecule has 0 radical (unpaired) electrons. The van der Waals surface area contributed by atoms with Crippen molar-refractivity contribution in [2.24, 2.45) is 5.92 Å². The first-order chi connectivity index (χ1) is 7.07. The third kappa shape index (κ3) is 7.73. The predicted molar refractivity (Wildman–Crippen MR) is 56.7 cm³/mol. The average Bonchev–Trinajstić information content (AvgIpc) is 2.00. The Kier molecular flexibility index (Phi) is 7.32. The molecular weight excluding hydrogens is 196 g/mol. The first-order valence-electron chi connectivity index (χ1n) is 5.13. The lowest BCUT2D eigenvalue weighted by Crippen LogP contribution is -2.20. The maximum absolute atomic E-state index is 9.98. The van der Waals surface area contributed by atoms with E-state index in [1.54, 1.807) is 0 Å². The smallest absolute Gasteiger partial charge is 0.306 e. The molecule has 1 fully saturated rings. The van der Waals surface area contributed by atoms with E-state index in [-0.39, 0.29) is 12.3 Å². The molecule has 4 heteroatoms. The number of aliphatic carboxylic acids is 2. The van der Waals surface area contributed by atoms with Crippen LogP contribution in [0.4, 0.5) is 0 Å². The second kappa shape index (κ2) is 8.03. The fraction of sp³-hybridized carbons (Fsp3) is 0.636. The molecule has 0 aromatic carbocycles. The van der Waals surface area contributed by atoms with E-state index in [1.807, 2.05) is 19.1 Å². The molecule has 0 heterocycles. The first kappa shape index (κ1) is 13.7. The van der Waals surface area contributed by atoms with Gasteiger partial charge in [-0.15, -0.1) is 0 Å². The Morgan fingerprint density at radius 3 is 2.13 bits per heavy atom. The van der Waals surface area contributed by atoms with Gasteiger partial charge < -0.3 is 10.2 Å². The highest BCUT2D eigenvalue weighted by atomic mass is 16.4. The molecule has 0 saturated heterocycles. The summed E-state index contributed by atoms with van der Waals surface area (Å²) in [6, 6.07) is 0. The fourth-order valence-electron chi connectivity index (χ4n) is 1.03. The third-order valence-electron chi connectivity index (χ3n) is 2.21. The summed E-state index contributed by atoms with van der Waals surface area (Å²) in [4.78, 5) is 19.8. The summed E-state index contributed by atoms with van der Waals surface area (Å²) in [6.07, 6.45) is 7.48. The number of carbonyl (C=O) groups is 2. The van der Waals surface area contributed by atoms with Crippen LogP contribution in [-0.2, 0) is 9.59 Å². The molecule has 2 N–H and O–H groups in total. The van der Waals surface area contributed by atoms with Gasteiger partial charge in [-0.2, -0.15) is 0 Å². The van der Waals surface area contributed by atoms with Crippen molar-refractivity contribution in [2.45, 2.75) is 39.0 Å². The van der Waals surface area contributed by atoms with E-state index in [9.17, 15) is 9.59 Å². The Hall–Kier alpha value is -1.32. The molecule has 0 aromatic heterocycles. The topological polar surface area (TPSA) is 74.6 Å². The van der Waals surface area contributed by atoms with E-state index in [0.29, 0.717) is 6.42 Å². The average molecular weight is 214 g/mol. The van der Waals surface area contributed by atoms with Gasteiger partial charge in [0.05, 0.1) is 5.92 Å². The second-order valence-electron chi connectivity index (χ2n) is 3.47. The second-order valence-corrected chi connectivity index (χ2v) is 3.47. The van der Waals surface area contributed by atoms with Gasteiger partial charge in [-0.05, 0) is 26.2 Å². The monoisotopic (exact) mass is 214 g/mol. The number of carboxylic acid groups (broad SMARTS) is 2. The number of rotatable bonds is 4. The normalized spacial score (nSPS) is 15.3. The number of carboxylic acids is 2. The summed E-state index contributed by atoms with van der Waals surface area (Å²) < 4.78 is 0. The van der Waals surface area contributed by atoms with Crippen LogP contribution in [0.3, 0.4) is 0 Å². The Morgan fingerprint density at radius 2 is 1.93 bits per heavy atom. The molecule has 0 atom stereocenters. The molecule has 1 aliphatic carbocycles. The van der Waals surface area contributed by atoms with Crippen molar-refractivity contribution in [1.82, 2.24) is 0 Å². The minimum atomic E-state index is -0.733. The van der Waals surface area contributed by atoms with Crippen molar-refractivity contribution in [3.05, 3.63) is 12.2 Å². The van der Waals surface area contributed by atoms with E-state index in [2.05, 4.69) is 0 Å². The van der Waals surface area contributed by atoms with Gasteiger partial charge >= 0.3 is 11.9 Å². The van der Waals surface area contributed by atoms with Gasteiger partial charge in [0.1, 0.15) is 0 Å². The van der Waals surface area contributed by atoms with Gasteiger partial charge in [0, 0.05) is 6.42 Å². The largest absolute Gasteiger partial charge is 0.481 e. The fourth-order valence-corrected chi connectivity index (χ4v) is 1.03. The van der Waals surface area contributed by atoms with E-state index >= 15 is 0 Å². The maximum Gasteiger partial charge on any atom is 0.306 e. The van der Waals surface area contributed by atoms with E-state index in [1.165, 1.54) is 0 Å². The lowest BCUT2D eigenvalue weighted by atomic mass is 9.86. The molecule has 0 bridgehead atoms. The highest BCUT2D eigenvalue weighted by molar-refractivity contribution is 5.70. The molecule has 0 spiro atoms. The summed E-state index contributed by atoms with van der Waals surface area (Å²) in [6.45, 7) is 1.88. The minimum absolute atomic E-state index is 0.000000000000000444. The zero-order chi connectivity index (χ0) is 11.7. The number of allylic oxidation sites excluding steroid dienone is 2. The molecule has 4 nitrogen and oxygen atoms in total. The molecule has 1 rings (SSSR count). The van der Waals surface area contributed by atoms with Crippen molar-refractivity contribution in [2.75, 3.05) is 0 Å². The van der Waals surface area contributed by atoms with Crippen LogP contribution in [0.25, 0.3) is 0 Å². The molecule has 15 heavy (non-hydrogen) atoms. The van der Waals surface area contributed by atoms with Crippen LogP contribution in [0.15, 0.2) is 12.2 Å². The lowest BCUT2D eigenvalue weighted by Gasteiger charge is -2.19. The van der Waals surface area contributed by atoms with E-state index in [4.69, 9.17) is 10.2 Å². The van der Waals surface area contributed by atoms with Crippen molar-refractivity contribution in [3.8, 4) is 0 Å². The van der Waals surface area contributed by atoms with Crippen LogP contribution in [-0.4, -0.2) is 22.2 Å². The van der Waals surface area contributed by atoms with Crippen molar-refractivity contribution in [1.29, 1.82) is 0 Å². The Labute approximate surface area is 89.6 Å². The van der Waals surface area contributed by atoms with E-state index < -0.39 is 11.9 Å². The van der Waals surface area contributed by atoms with Crippen LogP contribution in [0.5, 0.6) is 0 Å².